The van der Waals surface area contributed by atoms with Crippen LogP contribution in [0.1, 0.15) is 0 Å². The molecule has 0 saturated carbocycles. The summed E-state index contributed by atoms with van der Waals surface area (Å²) >= 11 is 0. The smallest absolute Gasteiger partial charge is 0.262 e. The maximum Gasteiger partial charge on any atom is 0.262 e. The van der Waals surface area contributed by atoms with Crippen molar-refractivity contribution in [2.45, 2.75) is 0 Å². The maximum atomic E-state index is 12.1. The number of hydrogen-bond donors (Lipinski definition) is 2. The number of benzene rings is 3. The van der Waals surface area contributed by atoms with E-state index in [1.165, 1.54) is 0 Å². The van der Waals surface area contributed by atoms with Gasteiger partial charge in [-0.3, -0.25) is 4.79 Å². The van der Waals surface area contributed by atoms with E-state index < -0.39 is 0 Å². The number of amides is 1. The van der Waals surface area contributed by atoms with Crippen LogP contribution in [0.2, 0.25) is 0 Å². The van der Waals surface area contributed by atoms with E-state index in [4.69, 9.17) is 4.74 Å². The molecule has 0 spiro atoms. The highest BCUT2D eigenvalue weighted by atomic mass is 16.5. The fourth-order valence-electron chi connectivity index (χ4n) is 2.73. The van der Waals surface area contributed by atoms with Crippen LogP contribution in [0.4, 0.5) is 5.69 Å². The number of aromatic nitrogens is 2. The van der Waals surface area contributed by atoms with E-state index >= 15 is 0 Å². The molecule has 5 heteroatoms. The van der Waals surface area contributed by atoms with Crippen LogP contribution in [-0.2, 0) is 4.79 Å². The molecule has 5 nitrogen and oxygen atoms in total. The predicted octanol–water partition coefficient (Wildman–Crippen LogP) is 4.25. The SMILES string of the molecule is O=C(COc1ccccc1-c1nc2ccccc2[nH]1)Nc1ccccc1. The number of nitrogens with one attached hydrogen (secondary N) is 2. The Balaban J connectivity index is 1.51. The van der Waals surface area contributed by atoms with Crippen LogP contribution in [0, 0.1) is 0 Å². The summed E-state index contributed by atoms with van der Waals surface area (Å²) in [4.78, 5) is 20.0. The molecule has 1 heterocycles. The van der Waals surface area contributed by atoms with Gasteiger partial charge in [-0.25, -0.2) is 4.98 Å². The molecule has 1 amide bonds. The quantitative estimate of drug-likeness (QED) is 0.569. The first kappa shape index (κ1) is 15.9. The van der Waals surface area contributed by atoms with Gasteiger partial charge in [0.1, 0.15) is 11.6 Å². The Labute approximate surface area is 150 Å². The minimum Gasteiger partial charge on any atom is -0.483 e. The molecule has 1 aromatic heterocycles. The van der Waals surface area contributed by atoms with Crippen molar-refractivity contribution in [2.24, 2.45) is 0 Å². The van der Waals surface area contributed by atoms with Gasteiger partial charge in [0.05, 0.1) is 16.6 Å². The van der Waals surface area contributed by atoms with Crippen LogP contribution in [0.25, 0.3) is 22.4 Å². The molecule has 2 N–H and O–H groups in total. The van der Waals surface area contributed by atoms with Gasteiger partial charge in [0.15, 0.2) is 6.61 Å². The molecule has 3 aromatic carbocycles. The largest absolute Gasteiger partial charge is 0.483 e. The van der Waals surface area contributed by atoms with Gasteiger partial charge in [-0.15, -0.1) is 0 Å². The number of anilines is 1. The number of para-hydroxylation sites is 4. The van der Waals surface area contributed by atoms with Crippen LogP contribution >= 0.6 is 0 Å². The molecular weight excluding hydrogens is 326 g/mol. The number of fused-ring (bicyclic) bond motifs is 1. The number of aromatic amines is 1. The summed E-state index contributed by atoms with van der Waals surface area (Å²) < 4.78 is 5.75. The van der Waals surface area contributed by atoms with Crippen molar-refractivity contribution < 1.29 is 9.53 Å². The zero-order valence-corrected chi connectivity index (χ0v) is 14.0. The maximum absolute atomic E-state index is 12.1. The highest BCUT2D eigenvalue weighted by molar-refractivity contribution is 5.92. The molecule has 26 heavy (non-hydrogen) atoms. The van der Waals surface area contributed by atoms with E-state index in [-0.39, 0.29) is 12.5 Å². The predicted molar refractivity (Wildman–Crippen MR) is 102 cm³/mol. The highest BCUT2D eigenvalue weighted by Gasteiger charge is 2.12. The number of hydrogen-bond acceptors (Lipinski definition) is 3. The van der Waals surface area contributed by atoms with E-state index in [1.807, 2.05) is 78.9 Å². The molecule has 128 valence electrons. The Kier molecular flexibility index (Phi) is 4.35. The zero-order chi connectivity index (χ0) is 17.8. The number of nitrogens with zero attached hydrogens (tertiary/aromatic N) is 1. The second-order valence-corrected chi connectivity index (χ2v) is 5.80. The van der Waals surface area contributed by atoms with Gasteiger partial charge in [-0.2, -0.15) is 0 Å². The molecule has 0 aliphatic carbocycles. The fourth-order valence-corrected chi connectivity index (χ4v) is 2.73. The molecule has 0 fully saturated rings. The molecule has 0 saturated heterocycles. The second-order valence-electron chi connectivity index (χ2n) is 5.80. The third-order valence-electron chi connectivity index (χ3n) is 3.95. The van der Waals surface area contributed by atoms with E-state index in [1.54, 1.807) is 0 Å². The molecule has 4 aromatic rings. The topological polar surface area (TPSA) is 67.0 Å². The van der Waals surface area contributed by atoms with E-state index in [9.17, 15) is 4.79 Å². The van der Waals surface area contributed by atoms with E-state index in [0.29, 0.717) is 11.6 Å². The summed E-state index contributed by atoms with van der Waals surface area (Å²) in [5.41, 5.74) is 3.40. The van der Waals surface area contributed by atoms with Crippen molar-refractivity contribution in [3.63, 3.8) is 0 Å². The van der Waals surface area contributed by atoms with Crippen molar-refractivity contribution in [1.29, 1.82) is 0 Å². The summed E-state index contributed by atoms with van der Waals surface area (Å²) in [7, 11) is 0. The standard InChI is InChI=1S/C21H17N3O2/c25-20(22-15-8-2-1-3-9-15)14-26-19-13-7-4-10-16(19)21-23-17-11-5-6-12-18(17)24-21/h1-13H,14H2,(H,22,25)(H,23,24). The number of carbonyl (C=O) groups is 1. The number of rotatable bonds is 5. The Morgan fingerprint density at radius 3 is 2.50 bits per heavy atom. The molecule has 0 aliphatic rings. The molecule has 0 radical (unpaired) electrons. The lowest BCUT2D eigenvalue weighted by atomic mass is 10.2. The Bertz CT molecular complexity index is 1010. The van der Waals surface area contributed by atoms with Crippen molar-refractivity contribution in [1.82, 2.24) is 9.97 Å². The monoisotopic (exact) mass is 343 g/mol. The Morgan fingerprint density at radius 2 is 1.65 bits per heavy atom. The minimum absolute atomic E-state index is 0.0772. The number of H-pyrrole nitrogens is 1. The Hall–Kier alpha value is -3.60. The molecule has 0 unspecified atom stereocenters. The summed E-state index contributed by atoms with van der Waals surface area (Å²) in [5.74, 6) is 1.11. The summed E-state index contributed by atoms with van der Waals surface area (Å²) in [6.45, 7) is -0.0772. The van der Waals surface area contributed by atoms with Gasteiger partial charge < -0.3 is 15.0 Å². The highest BCUT2D eigenvalue weighted by Crippen LogP contribution is 2.29. The fraction of sp³-hybridized carbons (Fsp3) is 0.0476. The number of imidazole rings is 1. The van der Waals surface area contributed by atoms with Gasteiger partial charge in [0.2, 0.25) is 0 Å². The lowest BCUT2D eigenvalue weighted by Crippen LogP contribution is -2.20. The average molecular weight is 343 g/mol. The molecule has 0 atom stereocenters. The minimum atomic E-state index is -0.212. The number of carbonyl (C=O) groups excluding carboxylic acids is 1. The lowest BCUT2D eigenvalue weighted by molar-refractivity contribution is -0.118. The third-order valence-corrected chi connectivity index (χ3v) is 3.95. The van der Waals surface area contributed by atoms with Crippen molar-refractivity contribution in [3.8, 4) is 17.1 Å². The summed E-state index contributed by atoms with van der Waals surface area (Å²) in [6, 6.07) is 24.7. The summed E-state index contributed by atoms with van der Waals surface area (Å²) in [5, 5.41) is 2.81. The first-order chi connectivity index (χ1) is 12.8. The van der Waals surface area contributed by atoms with E-state index in [2.05, 4.69) is 15.3 Å². The van der Waals surface area contributed by atoms with Crippen molar-refractivity contribution in [3.05, 3.63) is 78.9 Å². The van der Waals surface area contributed by atoms with Gasteiger partial charge in [-0.1, -0.05) is 42.5 Å². The third kappa shape index (κ3) is 3.42. The Morgan fingerprint density at radius 1 is 0.923 bits per heavy atom. The normalized spacial score (nSPS) is 10.6. The van der Waals surface area contributed by atoms with Gasteiger partial charge in [0.25, 0.3) is 5.91 Å². The zero-order valence-electron chi connectivity index (χ0n) is 14.0. The van der Waals surface area contributed by atoms with Crippen LogP contribution in [-0.4, -0.2) is 22.5 Å². The van der Waals surface area contributed by atoms with Crippen LogP contribution < -0.4 is 10.1 Å². The van der Waals surface area contributed by atoms with Gasteiger partial charge in [0, 0.05) is 5.69 Å². The van der Waals surface area contributed by atoms with Crippen LogP contribution in [0.15, 0.2) is 78.9 Å². The first-order valence-electron chi connectivity index (χ1n) is 8.31. The van der Waals surface area contributed by atoms with Gasteiger partial charge in [-0.05, 0) is 36.4 Å². The van der Waals surface area contributed by atoms with Crippen LogP contribution in [0.3, 0.4) is 0 Å². The lowest BCUT2D eigenvalue weighted by Gasteiger charge is -2.10. The molecule has 0 bridgehead atoms. The van der Waals surface area contributed by atoms with Gasteiger partial charge >= 0.3 is 0 Å². The average Bonchev–Trinajstić information content (AvgIpc) is 3.11. The molecule has 0 aliphatic heterocycles. The first-order valence-corrected chi connectivity index (χ1v) is 8.31. The van der Waals surface area contributed by atoms with Crippen LogP contribution in [0.5, 0.6) is 5.75 Å². The number of ether oxygens (including phenoxy) is 1. The van der Waals surface area contributed by atoms with E-state index in [0.717, 1.165) is 22.3 Å². The second kappa shape index (κ2) is 7.11. The van der Waals surface area contributed by atoms with Crippen molar-refractivity contribution in [2.75, 3.05) is 11.9 Å². The molecule has 4 rings (SSSR count). The molecular formula is C21H17N3O2. The van der Waals surface area contributed by atoms with Crippen molar-refractivity contribution >= 4 is 22.6 Å². The summed E-state index contributed by atoms with van der Waals surface area (Å²) in [6.07, 6.45) is 0.